The topological polar surface area (TPSA) is 69.6 Å². The Morgan fingerprint density at radius 1 is 0.667 bits per heavy atom. The van der Waals surface area contributed by atoms with Crippen LogP contribution in [0.1, 0.15) is 19.3 Å². The number of amides is 1. The highest BCUT2D eigenvalue weighted by Crippen LogP contribution is 2.65. The fourth-order valence-corrected chi connectivity index (χ4v) is 4.03. The highest BCUT2D eigenvalue weighted by atomic mass is 32.2. The first-order valence-electron chi connectivity index (χ1n) is 11.5. The molecule has 0 saturated carbocycles. The third-order valence-corrected chi connectivity index (χ3v) is 6.88. The number of hydrogen-bond donors (Lipinski definition) is 2. The molecule has 0 aromatic carbocycles. The molecule has 0 heterocycles. The second kappa shape index (κ2) is 13.6. The molecule has 0 rings (SSSR count). The maximum Gasteiger partial charge on any atom is 0.460 e. The van der Waals surface area contributed by atoms with Crippen LogP contribution >= 0.6 is 11.8 Å². The number of carbonyl (C=O) groups is 2. The maximum absolute atomic E-state index is 14.0. The molecule has 0 aromatic rings. The van der Waals surface area contributed by atoms with Crippen LogP contribution in [-0.2, 0) is 9.59 Å². The molecule has 5 nitrogen and oxygen atoms in total. The number of hydrogen-bond acceptors (Lipinski definition) is 4. The third kappa shape index (κ3) is 7.91. The zero-order chi connectivity index (χ0) is 36.5. The van der Waals surface area contributed by atoms with Crippen molar-refractivity contribution in [3.8, 4) is 0 Å². The van der Waals surface area contributed by atoms with Crippen molar-refractivity contribution in [3.05, 3.63) is 0 Å². The Hall–Kier alpha value is -2.08. The van der Waals surface area contributed by atoms with Gasteiger partial charge in [-0.1, -0.05) is 0 Å². The minimum absolute atomic E-state index is 0.0644. The van der Waals surface area contributed by atoms with Crippen molar-refractivity contribution in [3.63, 3.8) is 0 Å². The summed E-state index contributed by atoms with van der Waals surface area (Å²) in [6.07, 6.45) is -11.6. The van der Waals surface area contributed by atoms with Crippen molar-refractivity contribution in [1.29, 1.82) is 0 Å². The number of alkyl halides is 19. The Labute approximate surface area is 243 Å². The molecule has 0 radical (unpaired) electrons. The number of rotatable bonds is 18. The molecule has 0 aliphatic heterocycles. The molecule has 2 N–H and O–H groups in total. The van der Waals surface area contributed by atoms with E-state index in [2.05, 4.69) is 5.32 Å². The second-order valence-electron chi connectivity index (χ2n) is 9.38. The highest BCUT2D eigenvalue weighted by molar-refractivity contribution is 8.00. The smallest absolute Gasteiger partial charge is 0.460 e. The zero-order valence-electron chi connectivity index (χ0n) is 22.1. The Balaban J connectivity index is 6.12. The fourth-order valence-electron chi connectivity index (χ4n) is 2.96. The quantitative estimate of drug-likeness (QED) is 0.122. The summed E-state index contributed by atoms with van der Waals surface area (Å²) in [7, 11) is 3.27. The van der Waals surface area contributed by atoms with Gasteiger partial charge in [-0.15, -0.1) is 11.8 Å². The number of carboxylic acids is 1. The molecule has 0 fully saturated rings. The normalized spacial score (nSPS) is 15.8. The molecule has 268 valence electrons. The molecule has 0 aliphatic rings. The standard InChI is InChI=1S/C20H21F19N2O3S/c1-41(2)6-3-5-40-10(42)8-9(11(43)44)45-7-4-12(21,22)13(23,24)14(25,26)15(27,28)16(29,30)17(31,32)18(33,34)19(35,36)20(37,38)39/h9H,3-8H2,1-2H3,(H,40,42)(H,43,44). The van der Waals surface area contributed by atoms with Gasteiger partial charge in [-0.25, -0.2) is 0 Å². The average Bonchev–Trinajstić information content (AvgIpc) is 2.84. The van der Waals surface area contributed by atoms with Crippen LogP contribution in [0.15, 0.2) is 0 Å². The first kappa shape index (κ1) is 42.9. The molecule has 0 aliphatic carbocycles. The van der Waals surface area contributed by atoms with Crippen molar-refractivity contribution in [2.75, 3.05) is 32.9 Å². The van der Waals surface area contributed by atoms with Gasteiger partial charge >= 0.3 is 59.5 Å². The third-order valence-electron chi connectivity index (χ3n) is 5.67. The van der Waals surface area contributed by atoms with Crippen molar-refractivity contribution < 1.29 is 98.1 Å². The van der Waals surface area contributed by atoms with Crippen molar-refractivity contribution in [1.82, 2.24) is 10.2 Å². The monoisotopic (exact) mass is 730 g/mol. The van der Waals surface area contributed by atoms with Gasteiger partial charge in [0.05, 0.1) is 0 Å². The maximum atomic E-state index is 14.0. The molecule has 0 aromatic heterocycles. The van der Waals surface area contributed by atoms with E-state index in [1.807, 2.05) is 0 Å². The van der Waals surface area contributed by atoms with Crippen LogP contribution in [0.5, 0.6) is 0 Å². The van der Waals surface area contributed by atoms with Crippen LogP contribution in [0.2, 0.25) is 0 Å². The van der Waals surface area contributed by atoms with E-state index in [0.717, 1.165) is 0 Å². The summed E-state index contributed by atoms with van der Waals surface area (Å²) in [6, 6.07) is 0. The summed E-state index contributed by atoms with van der Waals surface area (Å²) in [5.41, 5.74) is 0. The lowest BCUT2D eigenvalue weighted by Crippen LogP contribution is -2.75. The van der Waals surface area contributed by atoms with Gasteiger partial charge in [0, 0.05) is 25.1 Å². The number of halogens is 19. The van der Waals surface area contributed by atoms with Crippen LogP contribution in [0.4, 0.5) is 83.4 Å². The number of thioether (sulfide) groups is 1. The minimum Gasteiger partial charge on any atom is -0.480 e. The van der Waals surface area contributed by atoms with Crippen LogP contribution in [0.3, 0.4) is 0 Å². The Morgan fingerprint density at radius 2 is 1.04 bits per heavy atom. The molecular formula is C20H21F19N2O3S. The summed E-state index contributed by atoms with van der Waals surface area (Å²) < 4.78 is 254. The van der Waals surface area contributed by atoms with E-state index in [1.165, 1.54) is 0 Å². The Bertz CT molecular complexity index is 1030. The van der Waals surface area contributed by atoms with Crippen molar-refractivity contribution in [2.45, 2.75) is 78.1 Å². The first-order valence-corrected chi connectivity index (χ1v) is 12.5. The molecular weight excluding hydrogens is 709 g/mol. The SMILES string of the molecule is CN(C)CCCNC(=O)CC(SCCC(F)(F)C(F)(F)C(F)(F)C(F)(F)C(F)(F)C(F)(F)C(F)(F)C(F)(F)C(F)(F)F)C(=O)O. The summed E-state index contributed by atoms with van der Waals surface area (Å²) in [5.74, 6) is -72.2. The van der Waals surface area contributed by atoms with Gasteiger partial charge in [-0.05, 0) is 27.1 Å². The predicted octanol–water partition coefficient (Wildman–Crippen LogP) is 6.67. The van der Waals surface area contributed by atoms with Gasteiger partial charge in [-0.2, -0.15) is 83.4 Å². The van der Waals surface area contributed by atoms with Gasteiger partial charge in [-0.3, -0.25) is 9.59 Å². The molecule has 1 unspecified atom stereocenters. The Morgan fingerprint density at radius 3 is 1.40 bits per heavy atom. The summed E-state index contributed by atoms with van der Waals surface area (Å²) >= 11 is -0.390. The molecule has 1 amide bonds. The highest BCUT2D eigenvalue weighted by Gasteiger charge is 2.96. The van der Waals surface area contributed by atoms with Crippen molar-refractivity contribution in [2.24, 2.45) is 0 Å². The van der Waals surface area contributed by atoms with Crippen LogP contribution in [0.25, 0.3) is 0 Å². The largest absolute Gasteiger partial charge is 0.480 e. The van der Waals surface area contributed by atoms with E-state index in [4.69, 9.17) is 5.11 Å². The molecule has 25 heteroatoms. The number of nitrogens with zero attached hydrogens (tertiary/aromatic N) is 1. The average molecular weight is 730 g/mol. The van der Waals surface area contributed by atoms with Gasteiger partial charge < -0.3 is 15.3 Å². The van der Waals surface area contributed by atoms with Crippen LogP contribution in [-0.4, -0.2) is 114 Å². The molecule has 0 saturated heterocycles. The van der Waals surface area contributed by atoms with Gasteiger partial charge in [0.2, 0.25) is 5.91 Å². The van der Waals surface area contributed by atoms with E-state index in [9.17, 15) is 93.0 Å². The van der Waals surface area contributed by atoms with E-state index in [-0.39, 0.29) is 6.54 Å². The van der Waals surface area contributed by atoms with Crippen molar-refractivity contribution >= 4 is 23.6 Å². The van der Waals surface area contributed by atoms with E-state index in [0.29, 0.717) is 13.0 Å². The van der Waals surface area contributed by atoms with E-state index in [1.54, 1.807) is 19.0 Å². The summed E-state index contributed by atoms with van der Waals surface area (Å²) in [4.78, 5) is 24.7. The van der Waals surface area contributed by atoms with Crippen LogP contribution < -0.4 is 5.32 Å². The number of aliphatic carboxylic acids is 1. The number of nitrogens with one attached hydrogen (secondary N) is 1. The Kier molecular flexibility index (Phi) is 12.9. The van der Waals surface area contributed by atoms with Gasteiger partial charge in [0.15, 0.2) is 0 Å². The lowest BCUT2D eigenvalue weighted by molar-refractivity contribution is -0.468. The fraction of sp³-hybridized carbons (Fsp3) is 0.900. The lowest BCUT2D eigenvalue weighted by atomic mass is 9.87. The van der Waals surface area contributed by atoms with Crippen LogP contribution in [0, 0.1) is 0 Å². The number of carbonyl (C=O) groups excluding carboxylic acids is 1. The molecule has 0 bridgehead atoms. The summed E-state index contributed by atoms with van der Waals surface area (Å²) in [5, 5.41) is 9.07. The zero-order valence-corrected chi connectivity index (χ0v) is 22.9. The number of carboxylic acid groups (broad SMARTS) is 1. The van der Waals surface area contributed by atoms with E-state index < -0.39 is 101 Å². The second-order valence-corrected chi connectivity index (χ2v) is 10.7. The minimum atomic E-state index is -9.01. The van der Waals surface area contributed by atoms with Gasteiger partial charge in [0.1, 0.15) is 5.25 Å². The van der Waals surface area contributed by atoms with Gasteiger partial charge in [0.25, 0.3) is 0 Å². The molecule has 1 atom stereocenters. The summed E-state index contributed by atoms with van der Waals surface area (Å²) in [6.45, 7) is 0.349. The molecule has 45 heavy (non-hydrogen) atoms. The first-order chi connectivity index (χ1) is 19.6. The predicted molar refractivity (Wildman–Crippen MR) is 115 cm³/mol. The molecule has 0 spiro atoms. The van der Waals surface area contributed by atoms with E-state index >= 15 is 0 Å². The lowest BCUT2D eigenvalue weighted by Gasteiger charge is -2.43.